The molecule has 0 aliphatic rings. The van der Waals surface area contributed by atoms with Crippen LogP contribution in [-0.4, -0.2) is 4.98 Å². The Kier molecular flexibility index (Phi) is 5.96. The molecule has 0 aliphatic heterocycles. The van der Waals surface area contributed by atoms with Crippen LogP contribution in [0.1, 0.15) is 37.6 Å². The average Bonchev–Trinajstić information content (AvgIpc) is 2.30. The topological polar surface area (TPSA) is 36.7 Å². The molecule has 0 aliphatic carbocycles. The number of hydrogen-bond donors (Lipinski definition) is 0. The molecule has 0 spiro atoms. The highest BCUT2D eigenvalue weighted by Crippen LogP contribution is 2.17. The van der Waals surface area contributed by atoms with E-state index in [1.807, 2.05) is 19.9 Å². The van der Waals surface area contributed by atoms with Gasteiger partial charge in [0.05, 0.1) is 5.56 Å². The van der Waals surface area contributed by atoms with Crippen molar-refractivity contribution in [2.75, 3.05) is 0 Å². The minimum absolute atomic E-state index is 0.307. The molecule has 0 saturated heterocycles. The molecular formula is C12H15FN2. The summed E-state index contributed by atoms with van der Waals surface area (Å²) in [5, 5.41) is 8.55. The molecule has 0 atom stereocenters. The normalized spacial score (nSPS) is 10.0. The predicted molar refractivity (Wildman–Crippen MR) is 59.8 cm³/mol. The molecule has 1 aromatic rings. The second-order valence-corrected chi connectivity index (χ2v) is 2.64. The largest absolute Gasteiger partial charge is 0.252 e. The van der Waals surface area contributed by atoms with E-state index in [4.69, 9.17) is 5.26 Å². The first kappa shape index (κ1) is 13.3. The van der Waals surface area contributed by atoms with Gasteiger partial charge in [0.25, 0.3) is 0 Å². The quantitative estimate of drug-likeness (QED) is 0.703. The number of nitriles is 1. The van der Waals surface area contributed by atoms with Gasteiger partial charge in [0.1, 0.15) is 17.6 Å². The van der Waals surface area contributed by atoms with E-state index in [9.17, 15) is 4.39 Å². The van der Waals surface area contributed by atoms with Gasteiger partial charge >= 0.3 is 0 Å². The fourth-order valence-electron chi connectivity index (χ4n) is 1.02. The van der Waals surface area contributed by atoms with E-state index >= 15 is 0 Å². The summed E-state index contributed by atoms with van der Waals surface area (Å²) in [4.78, 5) is 3.85. The summed E-state index contributed by atoms with van der Waals surface area (Å²) in [6.45, 7) is 7.33. The van der Waals surface area contributed by atoms with Crippen LogP contribution in [-0.2, 0) is 0 Å². The Bertz CT molecular complexity index is 389. The number of aryl methyl sites for hydroxylation is 1. The van der Waals surface area contributed by atoms with Crippen LogP contribution >= 0.6 is 0 Å². The first-order chi connectivity index (χ1) is 7.19. The smallest absolute Gasteiger partial charge is 0.144 e. The van der Waals surface area contributed by atoms with Gasteiger partial charge in [-0.1, -0.05) is 13.8 Å². The highest BCUT2D eigenvalue weighted by molar-refractivity contribution is 5.58. The van der Waals surface area contributed by atoms with E-state index in [0.717, 1.165) is 0 Å². The van der Waals surface area contributed by atoms with Crippen LogP contribution < -0.4 is 0 Å². The summed E-state index contributed by atoms with van der Waals surface area (Å²) >= 11 is 0. The molecule has 0 unspecified atom stereocenters. The molecule has 15 heavy (non-hydrogen) atoms. The number of pyridine rings is 1. The highest BCUT2D eigenvalue weighted by Gasteiger charge is 2.05. The van der Waals surface area contributed by atoms with Gasteiger partial charge in [-0.25, -0.2) is 4.39 Å². The van der Waals surface area contributed by atoms with Crippen LogP contribution in [0.5, 0.6) is 0 Å². The van der Waals surface area contributed by atoms with E-state index in [1.165, 1.54) is 12.3 Å². The molecule has 0 radical (unpaired) electrons. The molecule has 1 aromatic heterocycles. The molecule has 0 saturated carbocycles. The second-order valence-electron chi connectivity index (χ2n) is 2.64. The Morgan fingerprint density at radius 1 is 1.53 bits per heavy atom. The molecule has 0 N–H and O–H groups in total. The third-order valence-corrected chi connectivity index (χ3v) is 1.69. The van der Waals surface area contributed by atoms with Gasteiger partial charge in [0, 0.05) is 6.20 Å². The number of allylic oxidation sites excluding steroid dienone is 1. The van der Waals surface area contributed by atoms with Crippen molar-refractivity contribution in [3.8, 4) is 6.07 Å². The summed E-state index contributed by atoms with van der Waals surface area (Å²) in [6.07, 6.45) is 2.72. The first-order valence-corrected chi connectivity index (χ1v) is 4.88. The van der Waals surface area contributed by atoms with Gasteiger partial charge < -0.3 is 0 Å². The van der Waals surface area contributed by atoms with Gasteiger partial charge in [-0.3, -0.25) is 4.98 Å². The fourth-order valence-corrected chi connectivity index (χ4v) is 1.02. The van der Waals surface area contributed by atoms with Crippen molar-refractivity contribution in [1.82, 2.24) is 4.98 Å². The van der Waals surface area contributed by atoms with Crippen molar-refractivity contribution < 1.29 is 4.39 Å². The number of hydrogen-bond acceptors (Lipinski definition) is 2. The Hall–Kier alpha value is -1.69. The third kappa shape index (κ3) is 3.51. The van der Waals surface area contributed by atoms with E-state index in [-0.39, 0.29) is 5.83 Å². The lowest BCUT2D eigenvalue weighted by molar-refractivity contribution is 0.748. The predicted octanol–water partition coefficient (Wildman–Crippen LogP) is 3.62. The van der Waals surface area contributed by atoms with Gasteiger partial charge in [-0.05, 0) is 31.6 Å². The van der Waals surface area contributed by atoms with E-state index < -0.39 is 0 Å². The lowest BCUT2D eigenvalue weighted by Crippen LogP contribution is -1.91. The second kappa shape index (κ2) is 6.72. The maximum Gasteiger partial charge on any atom is 0.144 e. The van der Waals surface area contributed by atoms with E-state index in [0.29, 0.717) is 16.8 Å². The van der Waals surface area contributed by atoms with Crippen LogP contribution in [0.3, 0.4) is 0 Å². The van der Waals surface area contributed by atoms with E-state index in [2.05, 4.69) is 4.98 Å². The van der Waals surface area contributed by atoms with Crippen molar-refractivity contribution >= 4 is 5.83 Å². The lowest BCUT2D eigenvalue weighted by atomic mass is 10.1. The Labute approximate surface area is 90.1 Å². The standard InChI is InChI=1S/C10H9FN2.C2H6/c1-3-9(11)10-7(2)4-8(5-12)6-13-10;1-2/h3-4,6H,1-2H3;1-2H3/b9-3-;. The van der Waals surface area contributed by atoms with Gasteiger partial charge in [0.15, 0.2) is 0 Å². The lowest BCUT2D eigenvalue weighted by Gasteiger charge is -2.00. The average molecular weight is 206 g/mol. The molecule has 0 aromatic carbocycles. The van der Waals surface area contributed by atoms with E-state index in [1.54, 1.807) is 19.9 Å². The monoisotopic (exact) mass is 206 g/mol. The summed E-state index contributed by atoms with van der Waals surface area (Å²) in [6, 6.07) is 3.56. The van der Waals surface area contributed by atoms with Gasteiger partial charge in [-0.15, -0.1) is 0 Å². The molecule has 1 rings (SSSR count). The summed E-state index contributed by atoms with van der Waals surface area (Å²) < 4.78 is 13.1. The Balaban J connectivity index is 0.000000921. The van der Waals surface area contributed by atoms with Crippen LogP contribution in [0.25, 0.3) is 5.83 Å². The Morgan fingerprint density at radius 2 is 2.13 bits per heavy atom. The number of nitrogens with zero attached hydrogens (tertiary/aromatic N) is 2. The summed E-state index contributed by atoms with van der Waals surface area (Å²) in [5.41, 5.74) is 1.43. The molecular weight excluding hydrogens is 191 g/mol. The molecule has 2 nitrogen and oxygen atoms in total. The molecule has 0 fully saturated rings. The zero-order chi connectivity index (χ0) is 11.8. The number of aromatic nitrogens is 1. The zero-order valence-electron chi connectivity index (χ0n) is 9.50. The van der Waals surface area contributed by atoms with Crippen molar-refractivity contribution in [3.05, 3.63) is 35.2 Å². The van der Waals surface area contributed by atoms with Crippen molar-refractivity contribution in [2.24, 2.45) is 0 Å². The zero-order valence-corrected chi connectivity index (χ0v) is 9.50. The minimum atomic E-state index is -0.359. The minimum Gasteiger partial charge on any atom is -0.252 e. The molecule has 3 heteroatoms. The van der Waals surface area contributed by atoms with Crippen molar-refractivity contribution in [3.63, 3.8) is 0 Å². The first-order valence-electron chi connectivity index (χ1n) is 4.88. The van der Waals surface area contributed by atoms with Crippen LogP contribution in [0.4, 0.5) is 4.39 Å². The molecule has 0 bridgehead atoms. The SMILES string of the molecule is C/C=C(\F)c1ncc(C#N)cc1C.CC. The van der Waals surface area contributed by atoms with Crippen LogP contribution in [0.15, 0.2) is 18.3 Å². The maximum absolute atomic E-state index is 13.1. The molecule has 80 valence electrons. The maximum atomic E-state index is 13.1. The third-order valence-electron chi connectivity index (χ3n) is 1.69. The fraction of sp³-hybridized carbons (Fsp3) is 0.333. The van der Waals surface area contributed by atoms with Gasteiger partial charge in [0.2, 0.25) is 0 Å². The van der Waals surface area contributed by atoms with Crippen LogP contribution in [0.2, 0.25) is 0 Å². The summed E-state index contributed by atoms with van der Waals surface area (Å²) in [5.74, 6) is -0.359. The Morgan fingerprint density at radius 3 is 2.53 bits per heavy atom. The molecule has 0 amide bonds. The number of halogens is 1. The van der Waals surface area contributed by atoms with Crippen LogP contribution in [0, 0.1) is 18.3 Å². The van der Waals surface area contributed by atoms with Crippen molar-refractivity contribution in [1.29, 1.82) is 5.26 Å². The molecule has 1 heterocycles. The van der Waals surface area contributed by atoms with Gasteiger partial charge in [-0.2, -0.15) is 5.26 Å². The van der Waals surface area contributed by atoms with Crippen molar-refractivity contribution in [2.45, 2.75) is 27.7 Å². The highest BCUT2D eigenvalue weighted by atomic mass is 19.1. The number of rotatable bonds is 1. The summed E-state index contributed by atoms with van der Waals surface area (Å²) in [7, 11) is 0.